The Morgan fingerprint density at radius 1 is 1.25 bits per heavy atom. The normalized spacial score (nSPS) is 51.6. The van der Waals surface area contributed by atoms with E-state index in [-0.39, 0.29) is 11.4 Å². The quantitative estimate of drug-likeness (QED) is 0.754. The summed E-state index contributed by atoms with van der Waals surface area (Å²) in [7, 11) is 0. The number of hydrogen-bond donors (Lipinski definition) is 1. The summed E-state index contributed by atoms with van der Waals surface area (Å²) in [5.41, 5.74) is 0.230. The molecule has 5 aliphatic rings. The number of thioether (sulfide) groups is 1. The van der Waals surface area contributed by atoms with Crippen LogP contribution in [-0.2, 0) is 4.79 Å². The lowest BCUT2D eigenvalue weighted by molar-refractivity contribution is -0.116. The van der Waals surface area contributed by atoms with Gasteiger partial charge in [0.2, 0.25) is 5.91 Å². The number of rotatable bonds is 1. The first kappa shape index (κ1) is 9.51. The van der Waals surface area contributed by atoms with Crippen molar-refractivity contribution in [2.45, 2.75) is 37.6 Å². The average molecular weight is 236 g/mol. The van der Waals surface area contributed by atoms with Crippen molar-refractivity contribution < 1.29 is 4.79 Å². The molecule has 2 unspecified atom stereocenters. The monoisotopic (exact) mass is 236 g/mol. The van der Waals surface area contributed by atoms with Gasteiger partial charge in [-0.25, -0.2) is 0 Å². The van der Waals surface area contributed by atoms with E-state index >= 15 is 0 Å². The minimum Gasteiger partial charge on any atom is -0.305 e. The fourth-order valence-electron chi connectivity index (χ4n) is 4.52. The maximum atomic E-state index is 11.2. The van der Waals surface area contributed by atoms with Gasteiger partial charge in [-0.15, -0.1) is 0 Å². The molecule has 1 aliphatic heterocycles. The number of nitrogens with zero attached hydrogens (tertiary/aromatic N) is 1. The molecule has 0 aromatic rings. The number of carbonyl (C=O) groups excluding carboxylic acids is 1. The molecule has 4 heteroatoms. The highest BCUT2D eigenvalue weighted by molar-refractivity contribution is 8.15. The third-order valence-corrected chi connectivity index (χ3v) is 5.73. The van der Waals surface area contributed by atoms with Crippen LogP contribution < -0.4 is 5.32 Å². The van der Waals surface area contributed by atoms with Gasteiger partial charge in [0.1, 0.15) is 0 Å². The molecule has 4 saturated carbocycles. The zero-order valence-electron chi connectivity index (χ0n) is 9.24. The fourth-order valence-corrected chi connectivity index (χ4v) is 5.30. The molecule has 0 aromatic heterocycles. The van der Waals surface area contributed by atoms with Gasteiger partial charge >= 0.3 is 0 Å². The van der Waals surface area contributed by atoms with Gasteiger partial charge in [-0.3, -0.25) is 9.79 Å². The summed E-state index contributed by atoms with van der Waals surface area (Å²) in [6.07, 6.45) is 6.81. The molecule has 4 bridgehead atoms. The predicted octanol–water partition coefficient (Wildman–Crippen LogP) is 1.78. The van der Waals surface area contributed by atoms with Crippen molar-refractivity contribution in [3.63, 3.8) is 0 Å². The summed E-state index contributed by atoms with van der Waals surface area (Å²) in [5, 5.41) is 3.79. The SMILES string of the molecule is O=C1CSC(=NC23CC4CC(CC2C4)C3)N1. The van der Waals surface area contributed by atoms with Crippen molar-refractivity contribution in [1.29, 1.82) is 0 Å². The summed E-state index contributed by atoms with van der Waals surface area (Å²) in [5.74, 6) is 3.37. The molecule has 4 aliphatic carbocycles. The van der Waals surface area contributed by atoms with Crippen LogP contribution in [0.1, 0.15) is 32.1 Å². The highest BCUT2D eigenvalue weighted by atomic mass is 32.2. The minimum atomic E-state index is 0.123. The molecule has 2 atom stereocenters. The van der Waals surface area contributed by atoms with Crippen molar-refractivity contribution >= 4 is 22.8 Å². The maximum Gasteiger partial charge on any atom is 0.236 e. The molecule has 0 radical (unpaired) electrons. The predicted molar refractivity (Wildman–Crippen MR) is 64.3 cm³/mol. The van der Waals surface area contributed by atoms with Crippen LogP contribution in [0, 0.1) is 17.8 Å². The third-order valence-electron chi connectivity index (χ3n) is 4.86. The smallest absolute Gasteiger partial charge is 0.236 e. The van der Waals surface area contributed by atoms with E-state index in [1.54, 1.807) is 11.8 Å². The van der Waals surface area contributed by atoms with Crippen molar-refractivity contribution in [3.05, 3.63) is 0 Å². The van der Waals surface area contributed by atoms with Crippen LogP contribution >= 0.6 is 11.8 Å². The minimum absolute atomic E-state index is 0.123. The molecular formula is C12H16N2OS. The van der Waals surface area contributed by atoms with Crippen LogP contribution in [0.4, 0.5) is 0 Å². The Morgan fingerprint density at radius 2 is 2.00 bits per heavy atom. The Morgan fingerprint density at radius 3 is 2.62 bits per heavy atom. The Balaban J connectivity index is 1.66. The van der Waals surface area contributed by atoms with E-state index < -0.39 is 0 Å². The lowest BCUT2D eigenvalue weighted by Gasteiger charge is -2.29. The molecular weight excluding hydrogens is 220 g/mol. The fraction of sp³-hybridized carbons (Fsp3) is 0.833. The molecule has 0 spiro atoms. The second kappa shape index (κ2) is 3.03. The Kier molecular flexibility index (Phi) is 1.80. The molecule has 1 amide bonds. The van der Waals surface area contributed by atoms with Gasteiger partial charge < -0.3 is 5.32 Å². The molecule has 5 fully saturated rings. The molecule has 16 heavy (non-hydrogen) atoms. The maximum absolute atomic E-state index is 11.2. The molecule has 3 nitrogen and oxygen atoms in total. The number of hydrogen-bond acceptors (Lipinski definition) is 3. The molecule has 0 aromatic carbocycles. The van der Waals surface area contributed by atoms with Crippen LogP contribution in [-0.4, -0.2) is 22.4 Å². The van der Waals surface area contributed by atoms with Crippen molar-refractivity contribution in [2.75, 3.05) is 5.75 Å². The Labute approximate surface area is 99.5 Å². The Bertz CT molecular complexity index is 378. The average Bonchev–Trinajstić information content (AvgIpc) is 2.78. The van der Waals surface area contributed by atoms with E-state index in [2.05, 4.69) is 5.32 Å². The van der Waals surface area contributed by atoms with Crippen LogP contribution in [0.25, 0.3) is 0 Å². The zero-order valence-corrected chi connectivity index (χ0v) is 10.1. The van der Waals surface area contributed by atoms with Crippen LogP contribution in [0.5, 0.6) is 0 Å². The molecule has 86 valence electrons. The first-order valence-electron chi connectivity index (χ1n) is 6.26. The summed E-state index contributed by atoms with van der Waals surface area (Å²) in [6, 6.07) is 0. The first-order chi connectivity index (χ1) is 7.73. The highest BCUT2D eigenvalue weighted by Crippen LogP contribution is 2.62. The highest BCUT2D eigenvalue weighted by Gasteiger charge is 2.58. The standard InChI is InChI=1S/C12H16N2OS/c15-10-6-16-11(13-10)14-12-4-7-1-8(5-12)3-9(12)2-7/h7-9H,1-6H2,(H,13,14,15). The van der Waals surface area contributed by atoms with Gasteiger partial charge in [-0.2, -0.15) is 0 Å². The van der Waals surface area contributed by atoms with Gasteiger partial charge in [-0.05, 0) is 49.9 Å². The Hall–Kier alpha value is -0.510. The van der Waals surface area contributed by atoms with Gasteiger partial charge in [0, 0.05) is 0 Å². The zero-order chi connectivity index (χ0) is 10.8. The lowest BCUT2D eigenvalue weighted by atomic mass is 9.81. The van der Waals surface area contributed by atoms with Gasteiger partial charge in [0.05, 0.1) is 11.3 Å². The third kappa shape index (κ3) is 1.22. The first-order valence-corrected chi connectivity index (χ1v) is 7.25. The number of aliphatic imine (C=N–C) groups is 1. The van der Waals surface area contributed by atoms with Crippen LogP contribution in [0.2, 0.25) is 0 Å². The number of nitrogens with one attached hydrogen (secondary N) is 1. The van der Waals surface area contributed by atoms with E-state index in [4.69, 9.17) is 4.99 Å². The van der Waals surface area contributed by atoms with E-state index in [0.717, 1.165) is 22.9 Å². The summed E-state index contributed by atoms with van der Waals surface area (Å²) in [4.78, 5) is 16.1. The van der Waals surface area contributed by atoms with Crippen molar-refractivity contribution in [1.82, 2.24) is 5.32 Å². The number of amidine groups is 1. The summed E-state index contributed by atoms with van der Waals surface area (Å²) in [6.45, 7) is 0. The molecule has 5 rings (SSSR count). The van der Waals surface area contributed by atoms with Crippen molar-refractivity contribution in [3.8, 4) is 0 Å². The van der Waals surface area contributed by atoms with Crippen LogP contribution in [0.15, 0.2) is 4.99 Å². The van der Waals surface area contributed by atoms with Gasteiger partial charge in [0.15, 0.2) is 5.17 Å². The molecule has 1 N–H and O–H groups in total. The van der Waals surface area contributed by atoms with Gasteiger partial charge in [-0.1, -0.05) is 11.8 Å². The second-order valence-corrected chi connectivity index (χ2v) is 6.87. The van der Waals surface area contributed by atoms with E-state index in [1.165, 1.54) is 32.1 Å². The lowest BCUT2D eigenvalue weighted by Crippen LogP contribution is -2.32. The van der Waals surface area contributed by atoms with Crippen molar-refractivity contribution in [2.24, 2.45) is 22.7 Å². The molecule has 1 heterocycles. The molecule has 1 saturated heterocycles. The summed E-state index contributed by atoms with van der Waals surface area (Å²) >= 11 is 1.59. The van der Waals surface area contributed by atoms with Gasteiger partial charge in [0.25, 0.3) is 0 Å². The number of carbonyl (C=O) groups is 1. The van der Waals surface area contributed by atoms with Crippen LogP contribution in [0.3, 0.4) is 0 Å². The topological polar surface area (TPSA) is 41.5 Å². The number of amides is 1. The van der Waals surface area contributed by atoms with E-state index in [1.807, 2.05) is 0 Å². The van der Waals surface area contributed by atoms with E-state index in [9.17, 15) is 4.79 Å². The van der Waals surface area contributed by atoms with E-state index in [0.29, 0.717) is 5.75 Å². The summed E-state index contributed by atoms with van der Waals surface area (Å²) < 4.78 is 0. The largest absolute Gasteiger partial charge is 0.305 e. The second-order valence-electron chi connectivity index (χ2n) is 5.90.